The second kappa shape index (κ2) is 12.1. The number of rotatable bonds is 12. The van der Waals surface area contributed by atoms with Crippen molar-refractivity contribution >= 4 is 15.9 Å². The van der Waals surface area contributed by atoms with Gasteiger partial charge in [-0.3, -0.25) is 4.79 Å². The van der Waals surface area contributed by atoms with Crippen molar-refractivity contribution in [2.24, 2.45) is 11.8 Å². The van der Waals surface area contributed by atoms with Crippen LogP contribution in [0.2, 0.25) is 0 Å². The van der Waals surface area contributed by atoms with Crippen LogP contribution < -0.4 is 10.1 Å². The van der Waals surface area contributed by atoms with Crippen LogP contribution in [0.15, 0.2) is 59.5 Å². The van der Waals surface area contributed by atoms with E-state index in [2.05, 4.69) is 5.32 Å². The maximum atomic E-state index is 13.7. The first-order valence-corrected chi connectivity index (χ1v) is 13.8. The molecule has 3 rings (SSSR count). The van der Waals surface area contributed by atoms with Crippen molar-refractivity contribution in [1.82, 2.24) is 9.62 Å². The van der Waals surface area contributed by atoms with Gasteiger partial charge in [0.25, 0.3) is 0 Å². The Morgan fingerprint density at radius 1 is 1.14 bits per heavy atom. The van der Waals surface area contributed by atoms with Crippen LogP contribution in [-0.4, -0.2) is 50.8 Å². The maximum Gasteiger partial charge on any atom is 0.248 e. The highest BCUT2D eigenvalue weighted by Crippen LogP contribution is 2.39. The van der Waals surface area contributed by atoms with Crippen LogP contribution in [0.3, 0.4) is 0 Å². The summed E-state index contributed by atoms with van der Waals surface area (Å²) in [5.41, 5.74) is 0.980. The zero-order chi connectivity index (χ0) is 26.3. The molecule has 1 fully saturated rings. The molecule has 36 heavy (non-hydrogen) atoms. The van der Waals surface area contributed by atoms with E-state index in [1.165, 1.54) is 23.5 Å². The molecule has 198 valence electrons. The third-order valence-electron chi connectivity index (χ3n) is 6.44. The Bertz CT molecular complexity index is 1090. The standard InChI is InChI=1S/C27H36F2N2O4S/c1-20(2)19-31(36(33,34)25-11-9-24(35-3)10-12-25)16-14-23(17-21-7-5-4-6-8-21)30-26(32)22-13-15-27(28,29)18-22/h4-12,20,22-23H,13-19H2,1-3H3,(H,30,32). The molecule has 9 heteroatoms. The number of ether oxygens (including phenoxy) is 1. The normalized spacial score (nSPS) is 18.4. The average molecular weight is 523 g/mol. The Morgan fingerprint density at radius 2 is 1.81 bits per heavy atom. The monoisotopic (exact) mass is 522 g/mol. The SMILES string of the molecule is COc1ccc(S(=O)(=O)N(CCC(Cc2ccccc2)NC(=O)C2CCC(F)(F)C2)CC(C)C)cc1. The highest BCUT2D eigenvalue weighted by Gasteiger charge is 2.42. The van der Waals surface area contributed by atoms with Gasteiger partial charge < -0.3 is 10.1 Å². The zero-order valence-electron chi connectivity index (χ0n) is 21.1. The van der Waals surface area contributed by atoms with Crippen LogP contribution >= 0.6 is 0 Å². The molecule has 1 aliphatic carbocycles. The molecule has 0 aromatic heterocycles. The summed E-state index contributed by atoms with van der Waals surface area (Å²) < 4.78 is 60.9. The second-order valence-electron chi connectivity index (χ2n) is 9.91. The van der Waals surface area contributed by atoms with E-state index in [9.17, 15) is 22.0 Å². The van der Waals surface area contributed by atoms with Gasteiger partial charge in [-0.25, -0.2) is 17.2 Å². The molecule has 0 spiro atoms. The highest BCUT2D eigenvalue weighted by molar-refractivity contribution is 7.89. The molecule has 2 aromatic rings. The van der Waals surface area contributed by atoms with Gasteiger partial charge in [0.2, 0.25) is 21.9 Å². The lowest BCUT2D eigenvalue weighted by Crippen LogP contribution is -2.43. The van der Waals surface area contributed by atoms with Crippen molar-refractivity contribution in [3.63, 3.8) is 0 Å². The van der Waals surface area contributed by atoms with Gasteiger partial charge in [-0.1, -0.05) is 44.2 Å². The van der Waals surface area contributed by atoms with Gasteiger partial charge in [0.15, 0.2) is 0 Å². The number of carbonyl (C=O) groups excluding carboxylic acids is 1. The topological polar surface area (TPSA) is 75.7 Å². The van der Waals surface area contributed by atoms with Gasteiger partial charge in [0, 0.05) is 37.9 Å². The Morgan fingerprint density at radius 3 is 2.36 bits per heavy atom. The molecule has 2 atom stereocenters. The molecule has 0 aliphatic heterocycles. The molecule has 1 saturated carbocycles. The summed E-state index contributed by atoms with van der Waals surface area (Å²) in [5, 5.41) is 2.95. The first kappa shape index (κ1) is 28.1. The minimum atomic E-state index is -3.78. The van der Waals surface area contributed by atoms with Crippen molar-refractivity contribution in [1.29, 1.82) is 0 Å². The number of methoxy groups -OCH3 is 1. The number of halogens is 2. The molecule has 0 heterocycles. The molecule has 1 aliphatic rings. The number of hydrogen-bond acceptors (Lipinski definition) is 4. The summed E-state index contributed by atoms with van der Waals surface area (Å²) in [4.78, 5) is 13.0. The zero-order valence-corrected chi connectivity index (χ0v) is 21.9. The number of benzene rings is 2. The summed E-state index contributed by atoms with van der Waals surface area (Å²) >= 11 is 0. The minimum Gasteiger partial charge on any atom is -0.497 e. The summed E-state index contributed by atoms with van der Waals surface area (Å²) in [6.07, 6.45) is 0.265. The summed E-state index contributed by atoms with van der Waals surface area (Å²) in [6.45, 7) is 4.39. The van der Waals surface area contributed by atoms with Crippen LogP contribution in [0.4, 0.5) is 8.78 Å². The van der Waals surface area contributed by atoms with E-state index >= 15 is 0 Å². The number of hydrogen-bond donors (Lipinski definition) is 1. The molecule has 1 amide bonds. The molecule has 2 unspecified atom stereocenters. The number of amides is 1. The van der Waals surface area contributed by atoms with E-state index in [1.54, 1.807) is 12.1 Å². The lowest BCUT2D eigenvalue weighted by molar-refractivity contribution is -0.126. The summed E-state index contributed by atoms with van der Waals surface area (Å²) in [6, 6.07) is 15.4. The van der Waals surface area contributed by atoms with Crippen molar-refractivity contribution in [2.45, 2.75) is 62.8 Å². The molecule has 2 aromatic carbocycles. The lowest BCUT2D eigenvalue weighted by atomic mass is 10.0. The number of nitrogens with zero attached hydrogens (tertiary/aromatic N) is 1. The first-order chi connectivity index (χ1) is 17.0. The largest absolute Gasteiger partial charge is 0.497 e. The van der Waals surface area contributed by atoms with Crippen molar-refractivity contribution in [3.05, 3.63) is 60.2 Å². The summed E-state index contributed by atoms with van der Waals surface area (Å²) in [7, 11) is -2.27. The van der Waals surface area contributed by atoms with E-state index < -0.39 is 34.3 Å². The van der Waals surface area contributed by atoms with Gasteiger partial charge >= 0.3 is 0 Å². The van der Waals surface area contributed by atoms with Crippen LogP contribution in [0.5, 0.6) is 5.75 Å². The maximum absolute atomic E-state index is 13.7. The molecule has 0 saturated heterocycles. The van der Waals surface area contributed by atoms with Crippen molar-refractivity contribution in [3.8, 4) is 5.75 Å². The van der Waals surface area contributed by atoms with Crippen molar-refractivity contribution < 1.29 is 26.7 Å². The fraction of sp³-hybridized carbons (Fsp3) is 0.519. The molecule has 6 nitrogen and oxygen atoms in total. The molecule has 0 radical (unpaired) electrons. The summed E-state index contributed by atoms with van der Waals surface area (Å²) in [5.74, 6) is -3.28. The quantitative estimate of drug-likeness (QED) is 0.431. The van der Waals surface area contributed by atoms with Gasteiger partial charge in [-0.2, -0.15) is 4.31 Å². The van der Waals surface area contributed by atoms with Crippen LogP contribution in [-0.2, 0) is 21.2 Å². The molecular formula is C27H36F2N2O4S. The van der Waals surface area contributed by atoms with Crippen LogP contribution in [0, 0.1) is 11.8 Å². The number of sulfonamides is 1. The molecule has 1 N–H and O–H groups in total. The average Bonchev–Trinajstić information content (AvgIpc) is 3.21. The fourth-order valence-electron chi connectivity index (χ4n) is 4.53. The van der Waals surface area contributed by atoms with Crippen molar-refractivity contribution in [2.75, 3.05) is 20.2 Å². The van der Waals surface area contributed by atoms with E-state index in [1.807, 2.05) is 44.2 Å². The molecule has 0 bridgehead atoms. The second-order valence-corrected chi connectivity index (χ2v) is 11.8. The number of nitrogens with one attached hydrogen (secondary N) is 1. The van der Waals surface area contributed by atoms with E-state index in [0.29, 0.717) is 25.1 Å². The predicted octanol–water partition coefficient (Wildman–Crippen LogP) is 4.89. The van der Waals surface area contributed by atoms with Crippen LogP contribution in [0.25, 0.3) is 0 Å². The number of alkyl halides is 2. The Kier molecular flexibility index (Phi) is 9.47. The predicted molar refractivity (Wildman–Crippen MR) is 136 cm³/mol. The smallest absolute Gasteiger partial charge is 0.248 e. The Balaban J connectivity index is 1.77. The Labute approximate surface area is 213 Å². The lowest BCUT2D eigenvalue weighted by Gasteiger charge is -2.27. The van der Waals surface area contributed by atoms with Crippen LogP contribution in [0.1, 0.15) is 45.1 Å². The van der Waals surface area contributed by atoms with Gasteiger partial charge in [0.1, 0.15) is 5.75 Å². The first-order valence-electron chi connectivity index (χ1n) is 12.4. The number of carbonyl (C=O) groups is 1. The van der Waals surface area contributed by atoms with Gasteiger partial charge in [-0.05, 0) is 55.0 Å². The Hall–Kier alpha value is -2.52. The van der Waals surface area contributed by atoms with E-state index in [0.717, 1.165) is 5.56 Å². The third kappa shape index (κ3) is 7.74. The minimum absolute atomic E-state index is 0.0842. The third-order valence-corrected chi connectivity index (χ3v) is 8.32. The van der Waals surface area contributed by atoms with Gasteiger partial charge in [0.05, 0.1) is 12.0 Å². The fourth-order valence-corrected chi connectivity index (χ4v) is 6.15. The van der Waals surface area contributed by atoms with Gasteiger partial charge in [-0.15, -0.1) is 0 Å². The highest BCUT2D eigenvalue weighted by atomic mass is 32.2. The van der Waals surface area contributed by atoms with E-state index in [4.69, 9.17) is 4.74 Å². The van der Waals surface area contributed by atoms with E-state index in [-0.39, 0.29) is 36.1 Å². The molecular weight excluding hydrogens is 486 g/mol.